The number of rotatable bonds is 5. The van der Waals surface area contributed by atoms with E-state index in [2.05, 4.69) is 37.4 Å². The Labute approximate surface area is 122 Å². The minimum atomic E-state index is 0.0460. The average molecular weight is 271 g/mol. The SMILES string of the molecule is CC(=O)Nc1c([C@H](C)C2CC2)cccc1[C@H](C)C1CC1. The predicted molar refractivity (Wildman–Crippen MR) is 83.0 cm³/mol. The second-order valence-corrected chi connectivity index (χ2v) is 6.74. The highest BCUT2D eigenvalue weighted by Crippen LogP contribution is 2.48. The number of nitrogens with one attached hydrogen (secondary N) is 1. The summed E-state index contributed by atoms with van der Waals surface area (Å²) in [5, 5.41) is 3.13. The number of benzene rings is 1. The van der Waals surface area contributed by atoms with Crippen LogP contribution in [0.5, 0.6) is 0 Å². The van der Waals surface area contributed by atoms with E-state index in [9.17, 15) is 4.79 Å². The van der Waals surface area contributed by atoms with E-state index in [0.717, 1.165) is 17.5 Å². The Bertz CT molecular complexity index is 478. The molecule has 2 nitrogen and oxygen atoms in total. The second-order valence-electron chi connectivity index (χ2n) is 6.74. The third-order valence-electron chi connectivity index (χ3n) is 5.07. The van der Waals surface area contributed by atoms with Gasteiger partial charge in [0, 0.05) is 12.6 Å². The van der Waals surface area contributed by atoms with Gasteiger partial charge in [-0.15, -0.1) is 0 Å². The fraction of sp³-hybridized carbons (Fsp3) is 0.611. The second kappa shape index (κ2) is 5.23. The fourth-order valence-corrected chi connectivity index (χ4v) is 3.37. The average Bonchev–Trinajstić information content (AvgIpc) is 3.30. The van der Waals surface area contributed by atoms with E-state index < -0.39 is 0 Å². The van der Waals surface area contributed by atoms with Gasteiger partial charge in [0.05, 0.1) is 0 Å². The fourth-order valence-electron chi connectivity index (χ4n) is 3.37. The number of carbonyl (C=O) groups is 1. The van der Waals surface area contributed by atoms with Crippen molar-refractivity contribution < 1.29 is 4.79 Å². The number of anilines is 1. The molecule has 0 saturated heterocycles. The van der Waals surface area contributed by atoms with Gasteiger partial charge >= 0.3 is 0 Å². The predicted octanol–water partition coefficient (Wildman–Crippen LogP) is 4.67. The molecule has 3 rings (SSSR count). The number of hydrogen-bond donors (Lipinski definition) is 1. The van der Waals surface area contributed by atoms with Crippen LogP contribution >= 0.6 is 0 Å². The molecule has 0 bridgehead atoms. The Morgan fingerprint density at radius 1 is 1.05 bits per heavy atom. The van der Waals surface area contributed by atoms with Crippen molar-refractivity contribution in [3.63, 3.8) is 0 Å². The quantitative estimate of drug-likeness (QED) is 0.828. The van der Waals surface area contributed by atoms with E-state index in [4.69, 9.17) is 0 Å². The molecule has 2 aliphatic carbocycles. The molecule has 0 unspecified atom stereocenters. The van der Waals surface area contributed by atoms with Crippen LogP contribution in [0.2, 0.25) is 0 Å². The lowest BCUT2D eigenvalue weighted by Crippen LogP contribution is -2.14. The number of amides is 1. The molecule has 0 heterocycles. The van der Waals surface area contributed by atoms with Crippen LogP contribution in [0.3, 0.4) is 0 Å². The molecule has 1 N–H and O–H groups in total. The lowest BCUT2D eigenvalue weighted by molar-refractivity contribution is -0.114. The third kappa shape index (κ3) is 2.74. The highest BCUT2D eigenvalue weighted by atomic mass is 16.1. The molecule has 0 aromatic heterocycles. The Balaban J connectivity index is 1.98. The van der Waals surface area contributed by atoms with Gasteiger partial charge in [-0.3, -0.25) is 4.79 Å². The summed E-state index contributed by atoms with van der Waals surface area (Å²) in [6.07, 6.45) is 5.35. The molecule has 1 aromatic rings. The van der Waals surface area contributed by atoms with Crippen LogP contribution in [0.1, 0.15) is 69.4 Å². The number of hydrogen-bond acceptors (Lipinski definition) is 1. The zero-order valence-electron chi connectivity index (χ0n) is 12.8. The molecule has 2 atom stereocenters. The number of para-hydroxylation sites is 1. The van der Waals surface area contributed by atoms with Crippen LogP contribution in [-0.4, -0.2) is 5.91 Å². The van der Waals surface area contributed by atoms with Crippen LogP contribution < -0.4 is 5.32 Å². The molecule has 2 aliphatic rings. The summed E-state index contributed by atoms with van der Waals surface area (Å²) >= 11 is 0. The first kappa shape index (κ1) is 13.7. The first-order chi connectivity index (χ1) is 9.58. The minimum Gasteiger partial charge on any atom is -0.326 e. The summed E-state index contributed by atoms with van der Waals surface area (Å²) in [6.45, 7) is 6.23. The summed E-state index contributed by atoms with van der Waals surface area (Å²) < 4.78 is 0. The third-order valence-corrected chi connectivity index (χ3v) is 5.07. The van der Waals surface area contributed by atoms with Gasteiger partial charge in [-0.25, -0.2) is 0 Å². The maximum atomic E-state index is 11.6. The smallest absolute Gasteiger partial charge is 0.221 e. The molecule has 0 spiro atoms. The maximum Gasteiger partial charge on any atom is 0.221 e. The molecule has 0 radical (unpaired) electrons. The Morgan fingerprint density at radius 2 is 1.50 bits per heavy atom. The summed E-state index contributed by atoms with van der Waals surface area (Å²) in [7, 11) is 0. The van der Waals surface area contributed by atoms with Crippen molar-refractivity contribution in [3.05, 3.63) is 29.3 Å². The van der Waals surface area contributed by atoms with Crippen molar-refractivity contribution >= 4 is 11.6 Å². The Hall–Kier alpha value is -1.31. The van der Waals surface area contributed by atoms with Gasteiger partial charge in [0.1, 0.15) is 0 Å². The molecule has 1 aromatic carbocycles. The van der Waals surface area contributed by atoms with Gasteiger partial charge in [0.15, 0.2) is 0 Å². The first-order valence-electron chi connectivity index (χ1n) is 7.98. The summed E-state index contributed by atoms with van der Waals surface area (Å²) in [6, 6.07) is 6.59. The normalized spacial score (nSPS) is 21.4. The van der Waals surface area contributed by atoms with E-state index in [1.54, 1.807) is 6.92 Å². The molecular weight excluding hydrogens is 246 g/mol. The van der Waals surface area contributed by atoms with Gasteiger partial charge in [0.25, 0.3) is 0 Å². The summed E-state index contributed by atoms with van der Waals surface area (Å²) in [4.78, 5) is 11.6. The van der Waals surface area contributed by atoms with Crippen LogP contribution in [0.25, 0.3) is 0 Å². The highest BCUT2D eigenvalue weighted by Gasteiger charge is 2.34. The Morgan fingerprint density at radius 3 is 1.85 bits per heavy atom. The molecular formula is C18H25NO. The Kier molecular flexibility index (Phi) is 3.57. The van der Waals surface area contributed by atoms with E-state index in [1.807, 2.05) is 0 Å². The largest absolute Gasteiger partial charge is 0.326 e. The van der Waals surface area contributed by atoms with Gasteiger partial charge < -0.3 is 5.32 Å². The van der Waals surface area contributed by atoms with Crippen LogP contribution in [0.15, 0.2) is 18.2 Å². The first-order valence-corrected chi connectivity index (χ1v) is 7.98. The van der Waals surface area contributed by atoms with Crippen LogP contribution in [-0.2, 0) is 4.79 Å². The van der Waals surface area contributed by atoms with Crippen LogP contribution in [0, 0.1) is 11.8 Å². The van der Waals surface area contributed by atoms with Crippen molar-refractivity contribution in [2.45, 2.75) is 58.3 Å². The lowest BCUT2D eigenvalue weighted by atomic mass is 9.87. The molecule has 2 heteroatoms. The minimum absolute atomic E-state index is 0.0460. The molecule has 108 valence electrons. The van der Waals surface area contributed by atoms with Gasteiger partial charge in [-0.05, 0) is 60.5 Å². The van der Waals surface area contributed by atoms with Gasteiger partial charge in [-0.1, -0.05) is 32.0 Å². The summed E-state index contributed by atoms with van der Waals surface area (Å²) in [5.41, 5.74) is 3.79. The van der Waals surface area contributed by atoms with E-state index in [0.29, 0.717) is 11.8 Å². The van der Waals surface area contributed by atoms with E-state index in [-0.39, 0.29) is 5.91 Å². The summed E-state index contributed by atoms with van der Waals surface area (Å²) in [5.74, 6) is 2.79. The molecule has 2 fully saturated rings. The monoisotopic (exact) mass is 271 g/mol. The number of carbonyl (C=O) groups excluding carboxylic acids is 1. The van der Waals surface area contributed by atoms with E-state index in [1.165, 1.54) is 36.8 Å². The highest BCUT2D eigenvalue weighted by molar-refractivity contribution is 5.91. The topological polar surface area (TPSA) is 29.1 Å². The van der Waals surface area contributed by atoms with Gasteiger partial charge in [0.2, 0.25) is 5.91 Å². The van der Waals surface area contributed by atoms with Gasteiger partial charge in [-0.2, -0.15) is 0 Å². The zero-order chi connectivity index (χ0) is 14.3. The van der Waals surface area contributed by atoms with E-state index >= 15 is 0 Å². The zero-order valence-corrected chi connectivity index (χ0v) is 12.8. The van der Waals surface area contributed by atoms with Crippen molar-refractivity contribution in [3.8, 4) is 0 Å². The standard InChI is InChI=1S/C18H25NO/c1-11(14-7-8-14)16-5-4-6-17(12(2)15-9-10-15)18(16)19-13(3)20/h4-6,11-12,14-15H,7-10H2,1-3H3,(H,19,20)/t11-,12-/m1/s1. The van der Waals surface area contributed by atoms with Crippen molar-refractivity contribution in [1.82, 2.24) is 0 Å². The molecule has 0 aliphatic heterocycles. The molecule has 20 heavy (non-hydrogen) atoms. The van der Waals surface area contributed by atoms with Crippen molar-refractivity contribution in [2.24, 2.45) is 11.8 Å². The maximum absolute atomic E-state index is 11.6. The van der Waals surface area contributed by atoms with Crippen LogP contribution in [0.4, 0.5) is 5.69 Å². The lowest BCUT2D eigenvalue weighted by Gasteiger charge is -2.23. The molecule has 2 saturated carbocycles. The van der Waals surface area contributed by atoms with Crippen molar-refractivity contribution in [1.29, 1.82) is 0 Å². The van der Waals surface area contributed by atoms with Crippen molar-refractivity contribution in [2.75, 3.05) is 5.32 Å². The molecule has 1 amide bonds.